The van der Waals surface area contributed by atoms with Crippen molar-refractivity contribution in [3.05, 3.63) is 22.4 Å². The molecule has 1 rings (SSSR count). The molecule has 0 bridgehead atoms. The first-order chi connectivity index (χ1) is 7.13. The molecule has 0 radical (unpaired) electrons. The molecule has 0 unspecified atom stereocenters. The van der Waals surface area contributed by atoms with Gasteiger partial charge in [-0.15, -0.1) is 11.3 Å². The van der Waals surface area contributed by atoms with Crippen molar-refractivity contribution in [2.75, 3.05) is 6.54 Å². The second-order valence-corrected chi connectivity index (χ2v) is 4.73. The van der Waals surface area contributed by atoms with Crippen molar-refractivity contribution >= 4 is 17.4 Å². The molecule has 2 amide bonds. The van der Waals surface area contributed by atoms with E-state index in [1.807, 2.05) is 37.1 Å². The number of rotatable bonds is 4. The van der Waals surface area contributed by atoms with Gasteiger partial charge in [0, 0.05) is 17.5 Å². The van der Waals surface area contributed by atoms with E-state index >= 15 is 0 Å². The number of nitrogens with one attached hydrogen (secondary N) is 1. The molecule has 1 heterocycles. The summed E-state index contributed by atoms with van der Waals surface area (Å²) in [6.45, 7) is 7.37. The average Bonchev–Trinajstić information content (AvgIpc) is 2.65. The molecule has 1 aromatic rings. The van der Waals surface area contributed by atoms with Gasteiger partial charge in [-0.1, -0.05) is 6.07 Å². The molecule has 0 aliphatic carbocycles. The molecular formula is C11H18N2OS. The molecule has 0 aliphatic rings. The van der Waals surface area contributed by atoms with E-state index in [4.69, 9.17) is 0 Å². The van der Waals surface area contributed by atoms with Gasteiger partial charge in [-0.25, -0.2) is 4.79 Å². The van der Waals surface area contributed by atoms with Crippen molar-refractivity contribution in [2.45, 2.75) is 33.4 Å². The Morgan fingerprint density at radius 2 is 2.33 bits per heavy atom. The van der Waals surface area contributed by atoms with E-state index in [1.165, 1.54) is 4.88 Å². The van der Waals surface area contributed by atoms with E-state index in [9.17, 15) is 4.79 Å². The number of thiophene rings is 1. The Labute approximate surface area is 95.1 Å². The van der Waals surface area contributed by atoms with Gasteiger partial charge in [0.05, 0.1) is 6.54 Å². The zero-order valence-electron chi connectivity index (χ0n) is 9.49. The Morgan fingerprint density at radius 3 is 2.80 bits per heavy atom. The van der Waals surface area contributed by atoms with Crippen LogP contribution in [0.15, 0.2) is 17.5 Å². The van der Waals surface area contributed by atoms with E-state index in [0.29, 0.717) is 6.54 Å². The zero-order valence-corrected chi connectivity index (χ0v) is 10.3. The molecular weight excluding hydrogens is 208 g/mol. The van der Waals surface area contributed by atoms with E-state index in [2.05, 4.69) is 11.4 Å². The largest absolute Gasteiger partial charge is 0.336 e. The van der Waals surface area contributed by atoms with Gasteiger partial charge in [-0.05, 0) is 32.2 Å². The molecule has 0 aliphatic heterocycles. The van der Waals surface area contributed by atoms with Crippen LogP contribution in [-0.4, -0.2) is 23.5 Å². The zero-order chi connectivity index (χ0) is 11.3. The monoisotopic (exact) mass is 226 g/mol. The molecule has 1 N–H and O–H groups in total. The summed E-state index contributed by atoms with van der Waals surface area (Å²) in [7, 11) is 0. The number of carbonyl (C=O) groups is 1. The minimum absolute atomic E-state index is 0.0147. The molecule has 0 saturated carbocycles. The highest BCUT2D eigenvalue weighted by Gasteiger charge is 2.12. The normalized spacial score (nSPS) is 10.4. The molecule has 84 valence electrons. The number of urea groups is 1. The number of nitrogens with zero attached hydrogens (tertiary/aromatic N) is 1. The van der Waals surface area contributed by atoms with Crippen molar-refractivity contribution in [2.24, 2.45) is 0 Å². The number of hydrogen-bond donors (Lipinski definition) is 1. The Morgan fingerprint density at radius 1 is 1.60 bits per heavy atom. The van der Waals surface area contributed by atoms with Gasteiger partial charge in [0.2, 0.25) is 0 Å². The van der Waals surface area contributed by atoms with Crippen molar-refractivity contribution in [1.82, 2.24) is 10.2 Å². The molecule has 0 aromatic carbocycles. The van der Waals surface area contributed by atoms with Gasteiger partial charge >= 0.3 is 6.03 Å². The van der Waals surface area contributed by atoms with Crippen LogP contribution in [0, 0.1) is 0 Å². The summed E-state index contributed by atoms with van der Waals surface area (Å²) in [6, 6.07) is 4.26. The van der Waals surface area contributed by atoms with Gasteiger partial charge in [-0.2, -0.15) is 0 Å². The quantitative estimate of drug-likeness (QED) is 0.841. The first-order valence-corrected chi connectivity index (χ1v) is 6.09. The lowest BCUT2D eigenvalue weighted by Gasteiger charge is -2.22. The Kier molecular flexibility index (Phi) is 4.62. The third kappa shape index (κ3) is 3.91. The van der Waals surface area contributed by atoms with Gasteiger partial charge in [0.1, 0.15) is 0 Å². The molecule has 0 fully saturated rings. The first kappa shape index (κ1) is 12.0. The van der Waals surface area contributed by atoms with Gasteiger partial charge in [0.15, 0.2) is 0 Å². The van der Waals surface area contributed by atoms with Crippen LogP contribution in [0.4, 0.5) is 4.79 Å². The van der Waals surface area contributed by atoms with Crippen molar-refractivity contribution in [3.63, 3.8) is 0 Å². The van der Waals surface area contributed by atoms with Crippen LogP contribution < -0.4 is 5.32 Å². The number of carbonyl (C=O) groups excluding carboxylic acids is 1. The smallest absolute Gasteiger partial charge is 0.317 e. The van der Waals surface area contributed by atoms with E-state index in [1.54, 1.807) is 11.3 Å². The highest BCUT2D eigenvalue weighted by atomic mass is 32.1. The summed E-state index contributed by atoms with van der Waals surface area (Å²) in [5.74, 6) is 0. The van der Waals surface area contributed by atoms with Gasteiger partial charge in [-0.3, -0.25) is 0 Å². The minimum Gasteiger partial charge on any atom is -0.336 e. The van der Waals surface area contributed by atoms with Crippen LogP contribution in [0.1, 0.15) is 25.6 Å². The number of amides is 2. The predicted molar refractivity (Wildman–Crippen MR) is 64.1 cm³/mol. The molecule has 0 spiro atoms. The van der Waals surface area contributed by atoms with Crippen molar-refractivity contribution in [3.8, 4) is 0 Å². The topological polar surface area (TPSA) is 32.3 Å². The van der Waals surface area contributed by atoms with Gasteiger partial charge in [0.25, 0.3) is 0 Å². The Bertz CT molecular complexity index is 296. The Hall–Kier alpha value is -1.03. The van der Waals surface area contributed by atoms with Crippen LogP contribution in [0.25, 0.3) is 0 Å². The number of hydrogen-bond acceptors (Lipinski definition) is 2. The molecule has 15 heavy (non-hydrogen) atoms. The highest BCUT2D eigenvalue weighted by molar-refractivity contribution is 7.09. The fourth-order valence-corrected chi connectivity index (χ4v) is 1.98. The average molecular weight is 226 g/mol. The maximum Gasteiger partial charge on any atom is 0.317 e. The summed E-state index contributed by atoms with van der Waals surface area (Å²) >= 11 is 1.68. The molecule has 4 heteroatoms. The van der Waals surface area contributed by atoms with E-state index in [-0.39, 0.29) is 12.1 Å². The fourth-order valence-electron chi connectivity index (χ4n) is 1.26. The predicted octanol–water partition coefficient (Wildman–Crippen LogP) is 2.69. The fraction of sp³-hybridized carbons (Fsp3) is 0.545. The van der Waals surface area contributed by atoms with Crippen LogP contribution in [0.3, 0.4) is 0 Å². The minimum atomic E-state index is 0.0147. The third-order valence-electron chi connectivity index (χ3n) is 2.01. The lowest BCUT2D eigenvalue weighted by molar-refractivity contribution is 0.196. The molecule has 1 aromatic heterocycles. The van der Waals surface area contributed by atoms with E-state index < -0.39 is 0 Å². The van der Waals surface area contributed by atoms with E-state index in [0.717, 1.165) is 6.54 Å². The highest BCUT2D eigenvalue weighted by Crippen LogP contribution is 2.11. The first-order valence-electron chi connectivity index (χ1n) is 5.21. The summed E-state index contributed by atoms with van der Waals surface area (Å²) in [6.07, 6.45) is 0. The summed E-state index contributed by atoms with van der Waals surface area (Å²) in [5.41, 5.74) is 0. The van der Waals surface area contributed by atoms with Crippen LogP contribution in [0.2, 0.25) is 0 Å². The maximum absolute atomic E-state index is 11.7. The standard InChI is InChI=1S/C11H18N2OS/c1-4-13(11(14)12-9(2)3)8-10-6-5-7-15-10/h5-7,9H,4,8H2,1-3H3,(H,12,14). The third-order valence-corrected chi connectivity index (χ3v) is 2.87. The maximum atomic E-state index is 11.7. The Balaban J connectivity index is 2.52. The lowest BCUT2D eigenvalue weighted by Crippen LogP contribution is -2.42. The van der Waals surface area contributed by atoms with Crippen molar-refractivity contribution < 1.29 is 4.79 Å². The second-order valence-electron chi connectivity index (χ2n) is 3.70. The summed E-state index contributed by atoms with van der Waals surface area (Å²) < 4.78 is 0. The molecule has 0 atom stereocenters. The summed E-state index contributed by atoms with van der Waals surface area (Å²) in [4.78, 5) is 14.8. The van der Waals surface area contributed by atoms with Crippen molar-refractivity contribution in [1.29, 1.82) is 0 Å². The lowest BCUT2D eigenvalue weighted by atomic mass is 10.4. The molecule has 3 nitrogen and oxygen atoms in total. The van der Waals surface area contributed by atoms with Crippen LogP contribution in [-0.2, 0) is 6.54 Å². The van der Waals surface area contributed by atoms with Crippen LogP contribution >= 0.6 is 11.3 Å². The summed E-state index contributed by atoms with van der Waals surface area (Å²) in [5, 5.41) is 4.93. The molecule has 0 saturated heterocycles. The second kappa shape index (κ2) is 5.75. The van der Waals surface area contributed by atoms with Gasteiger partial charge < -0.3 is 10.2 Å². The SMILES string of the molecule is CCN(Cc1cccs1)C(=O)NC(C)C. The van der Waals surface area contributed by atoms with Crippen LogP contribution in [0.5, 0.6) is 0 Å².